The lowest BCUT2D eigenvalue weighted by Crippen LogP contribution is -2.50. The van der Waals surface area contributed by atoms with Gasteiger partial charge in [0.2, 0.25) is 10.0 Å². The third-order valence-electron chi connectivity index (χ3n) is 5.04. The van der Waals surface area contributed by atoms with Crippen molar-refractivity contribution >= 4 is 15.9 Å². The van der Waals surface area contributed by atoms with Crippen LogP contribution in [0.25, 0.3) is 0 Å². The second-order valence-corrected chi connectivity index (χ2v) is 8.98. The van der Waals surface area contributed by atoms with E-state index in [0.717, 1.165) is 12.1 Å². The molecule has 0 unspecified atom stereocenters. The highest BCUT2D eigenvalue weighted by atomic mass is 32.2. The Balaban J connectivity index is 1.45. The summed E-state index contributed by atoms with van der Waals surface area (Å²) in [4.78, 5) is 18.6. The molecule has 0 bridgehead atoms. The molecule has 4 rings (SSSR count). The minimum absolute atomic E-state index is 0.134. The minimum atomic E-state index is -3.68. The van der Waals surface area contributed by atoms with E-state index >= 15 is 0 Å². The molecule has 1 saturated heterocycles. The van der Waals surface area contributed by atoms with Gasteiger partial charge in [-0.1, -0.05) is 0 Å². The van der Waals surface area contributed by atoms with Gasteiger partial charge in [0.25, 0.3) is 5.91 Å². The number of carbonyl (C=O) groups excluding carboxylic acids is 1. The zero-order valence-electron chi connectivity index (χ0n) is 16.2. The second kappa shape index (κ2) is 8.00. The number of aromatic nitrogens is 1. The van der Waals surface area contributed by atoms with Crippen LogP contribution in [0.1, 0.15) is 22.5 Å². The fourth-order valence-corrected chi connectivity index (χ4v) is 4.80. The normalized spacial score (nSPS) is 17.6. The monoisotopic (exact) mass is 417 g/mol. The van der Waals surface area contributed by atoms with Crippen LogP contribution in [0.3, 0.4) is 0 Å². The molecule has 0 saturated carbocycles. The van der Waals surface area contributed by atoms with E-state index < -0.39 is 10.0 Å². The molecule has 0 radical (unpaired) electrons. The van der Waals surface area contributed by atoms with Crippen LogP contribution in [0.2, 0.25) is 0 Å². The third kappa shape index (κ3) is 4.06. The van der Waals surface area contributed by atoms with Gasteiger partial charge in [-0.2, -0.15) is 4.31 Å². The highest BCUT2D eigenvalue weighted by Gasteiger charge is 2.31. The zero-order chi connectivity index (χ0) is 20.4. The fourth-order valence-electron chi connectivity index (χ4n) is 3.36. The first-order chi connectivity index (χ1) is 13.9. The van der Waals surface area contributed by atoms with Gasteiger partial charge in [0, 0.05) is 50.6 Å². The van der Waals surface area contributed by atoms with Crippen molar-refractivity contribution in [2.24, 2.45) is 0 Å². The van der Waals surface area contributed by atoms with E-state index in [1.54, 1.807) is 35.4 Å². The van der Waals surface area contributed by atoms with Crippen molar-refractivity contribution < 1.29 is 22.7 Å². The summed E-state index contributed by atoms with van der Waals surface area (Å²) in [5.74, 6) is 0.873. The highest BCUT2D eigenvalue weighted by Crippen LogP contribution is 2.33. The Hall–Kier alpha value is -2.65. The van der Waals surface area contributed by atoms with E-state index in [2.05, 4.69) is 4.98 Å². The first-order valence-electron chi connectivity index (χ1n) is 9.57. The topological polar surface area (TPSA) is 89.0 Å². The van der Waals surface area contributed by atoms with Crippen molar-refractivity contribution in [3.8, 4) is 11.5 Å². The van der Waals surface area contributed by atoms with Crippen LogP contribution in [0.5, 0.6) is 11.5 Å². The number of amides is 1. The molecule has 1 fully saturated rings. The molecular formula is C20H23N3O5S. The molecule has 29 heavy (non-hydrogen) atoms. The van der Waals surface area contributed by atoms with Gasteiger partial charge in [0.15, 0.2) is 11.5 Å². The van der Waals surface area contributed by atoms with Gasteiger partial charge in [-0.05, 0) is 31.2 Å². The molecule has 0 atom stereocenters. The lowest BCUT2D eigenvalue weighted by atomic mass is 10.2. The number of rotatable bonds is 3. The van der Waals surface area contributed by atoms with Crippen LogP contribution in [-0.4, -0.2) is 67.9 Å². The fraction of sp³-hybridized carbons (Fsp3) is 0.400. The maximum atomic E-state index is 13.1. The lowest BCUT2D eigenvalue weighted by molar-refractivity contribution is 0.0697. The maximum absolute atomic E-state index is 13.1. The lowest BCUT2D eigenvalue weighted by Gasteiger charge is -2.34. The largest absolute Gasteiger partial charge is 0.490 e. The van der Waals surface area contributed by atoms with Gasteiger partial charge in [0.05, 0.1) is 23.7 Å². The van der Waals surface area contributed by atoms with Gasteiger partial charge in [-0.25, -0.2) is 8.42 Å². The van der Waals surface area contributed by atoms with Crippen LogP contribution >= 0.6 is 0 Å². The van der Waals surface area contributed by atoms with Gasteiger partial charge in [-0.15, -0.1) is 0 Å². The van der Waals surface area contributed by atoms with Crippen LogP contribution < -0.4 is 9.47 Å². The quantitative estimate of drug-likeness (QED) is 0.755. The van der Waals surface area contributed by atoms with Crippen LogP contribution in [0.15, 0.2) is 41.4 Å². The van der Waals surface area contributed by atoms with Gasteiger partial charge in [-0.3, -0.25) is 9.78 Å². The smallest absolute Gasteiger partial charge is 0.255 e. The van der Waals surface area contributed by atoms with E-state index in [-0.39, 0.29) is 23.9 Å². The van der Waals surface area contributed by atoms with E-state index in [9.17, 15) is 13.2 Å². The van der Waals surface area contributed by atoms with Crippen molar-refractivity contribution in [2.45, 2.75) is 18.2 Å². The summed E-state index contributed by atoms with van der Waals surface area (Å²) in [7, 11) is -3.68. The average Bonchev–Trinajstić information content (AvgIpc) is 2.99. The number of ether oxygens (including phenoxy) is 2. The number of hydrogen-bond donors (Lipinski definition) is 0. The molecule has 0 N–H and O–H groups in total. The molecule has 2 aliphatic rings. The molecule has 2 aromatic rings. The summed E-state index contributed by atoms with van der Waals surface area (Å²) < 4.78 is 38.7. The Morgan fingerprint density at radius 3 is 2.41 bits per heavy atom. The van der Waals surface area contributed by atoms with Crippen LogP contribution in [0.4, 0.5) is 0 Å². The van der Waals surface area contributed by atoms with E-state index in [1.165, 1.54) is 10.4 Å². The SMILES string of the molecule is Cc1ccc(C(=O)N2CCN(S(=O)(=O)c3ccc4c(c3)OCCCO4)CC2)cn1. The Morgan fingerprint density at radius 1 is 1.00 bits per heavy atom. The number of nitrogens with zero attached hydrogens (tertiary/aromatic N) is 3. The van der Waals surface area contributed by atoms with Gasteiger partial charge < -0.3 is 14.4 Å². The first kappa shape index (κ1) is 19.7. The number of sulfonamides is 1. The molecule has 2 aliphatic heterocycles. The molecule has 1 amide bonds. The Kier molecular flexibility index (Phi) is 5.42. The molecule has 9 heteroatoms. The molecule has 1 aromatic heterocycles. The molecule has 3 heterocycles. The molecule has 0 spiro atoms. The summed E-state index contributed by atoms with van der Waals surface area (Å²) in [5, 5.41) is 0. The number of benzene rings is 1. The number of pyridine rings is 1. The second-order valence-electron chi connectivity index (χ2n) is 7.04. The highest BCUT2D eigenvalue weighted by molar-refractivity contribution is 7.89. The molecule has 1 aromatic carbocycles. The van der Waals surface area contributed by atoms with E-state index in [1.807, 2.05) is 6.92 Å². The Morgan fingerprint density at radius 2 is 1.72 bits per heavy atom. The van der Waals surface area contributed by atoms with Crippen molar-refractivity contribution in [1.29, 1.82) is 0 Å². The predicted octanol–water partition coefficient (Wildman–Crippen LogP) is 1.70. The third-order valence-corrected chi connectivity index (χ3v) is 6.94. The number of fused-ring (bicyclic) bond motifs is 1. The summed E-state index contributed by atoms with van der Waals surface area (Å²) in [6.07, 6.45) is 2.31. The molecule has 154 valence electrons. The summed E-state index contributed by atoms with van der Waals surface area (Å²) >= 11 is 0. The standard InChI is InChI=1S/C20H23N3O5S/c1-15-3-4-16(14-21-15)20(24)22-7-9-23(10-8-22)29(25,26)17-5-6-18-19(13-17)28-12-2-11-27-18/h3-6,13-14H,2,7-12H2,1H3. The Labute approximate surface area is 170 Å². The van der Waals surface area contributed by atoms with Crippen LogP contribution in [0, 0.1) is 6.92 Å². The number of piperazine rings is 1. The van der Waals surface area contributed by atoms with Crippen molar-refractivity contribution in [1.82, 2.24) is 14.2 Å². The molecule has 8 nitrogen and oxygen atoms in total. The average molecular weight is 417 g/mol. The van der Waals surface area contributed by atoms with Crippen molar-refractivity contribution in [3.05, 3.63) is 47.8 Å². The number of aryl methyl sites for hydroxylation is 1. The number of carbonyl (C=O) groups is 1. The predicted molar refractivity (Wildman–Crippen MR) is 106 cm³/mol. The van der Waals surface area contributed by atoms with Crippen molar-refractivity contribution in [2.75, 3.05) is 39.4 Å². The summed E-state index contributed by atoms with van der Waals surface area (Å²) in [6.45, 7) is 4.03. The number of hydrogen-bond acceptors (Lipinski definition) is 6. The van der Waals surface area contributed by atoms with Gasteiger partial charge in [0.1, 0.15) is 0 Å². The van der Waals surface area contributed by atoms with E-state index in [4.69, 9.17) is 9.47 Å². The van der Waals surface area contributed by atoms with E-state index in [0.29, 0.717) is 43.4 Å². The zero-order valence-corrected chi connectivity index (χ0v) is 17.0. The Bertz CT molecular complexity index is 999. The van der Waals surface area contributed by atoms with Gasteiger partial charge >= 0.3 is 0 Å². The summed E-state index contributed by atoms with van der Waals surface area (Å²) in [5.41, 5.74) is 1.35. The van der Waals surface area contributed by atoms with Crippen molar-refractivity contribution in [3.63, 3.8) is 0 Å². The maximum Gasteiger partial charge on any atom is 0.255 e. The van der Waals surface area contributed by atoms with Crippen LogP contribution in [-0.2, 0) is 10.0 Å². The molecular weight excluding hydrogens is 394 g/mol. The summed E-state index contributed by atoms with van der Waals surface area (Å²) in [6, 6.07) is 8.23. The minimum Gasteiger partial charge on any atom is -0.490 e. The first-order valence-corrected chi connectivity index (χ1v) is 11.0. The molecule has 0 aliphatic carbocycles.